The van der Waals surface area contributed by atoms with Crippen LogP contribution >= 0.6 is 0 Å². The molecule has 3 aromatic rings. The SMILES string of the molecule is CCOC(=O)N(Cc1cccc(-c2ccc3ncnc(NC4CC4)c3c2)c1)C1CC1. The summed E-state index contributed by atoms with van der Waals surface area (Å²) in [7, 11) is 0. The molecule has 1 amide bonds. The highest BCUT2D eigenvalue weighted by atomic mass is 16.6. The van der Waals surface area contributed by atoms with Crippen molar-refractivity contribution >= 4 is 22.8 Å². The molecule has 2 aliphatic carbocycles. The van der Waals surface area contributed by atoms with E-state index in [2.05, 4.69) is 51.7 Å². The van der Waals surface area contributed by atoms with E-state index in [-0.39, 0.29) is 6.09 Å². The molecule has 0 spiro atoms. The Bertz CT molecular complexity index is 1080. The molecule has 0 bridgehead atoms. The average Bonchev–Trinajstić information content (AvgIpc) is 3.67. The van der Waals surface area contributed by atoms with Crippen LogP contribution in [0.25, 0.3) is 22.0 Å². The fourth-order valence-electron chi connectivity index (χ4n) is 3.75. The van der Waals surface area contributed by atoms with Gasteiger partial charge in [0.05, 0.1) is 12.1 Å². The van der Waals surface area contributed by atoms with Gasteiger partial charge in [-0.05, 0) is 67.5 Å². The van der Waals surface area contributed by atoms with Crippen LogP contribution in [-0.2, 0) is 11.3 Å². The lowest BCUT2D eigenvalue weighted by molar-refractivity contribution is 0.102. The first-order valence-corrected chi connectivity index (χ1v) is 10.8. The molecule has 0 saturated heterocycles. The lowest BCUT2D eigenvalue weighted by Gasteiger charge is -2.22. The molecule has 0 unspecified atom stereocenters. The zero-order valence-corrected chi connectivity index (χ0v) is 17.2. The summed E-state index contributed by atoms with van der Waals surface area (Å²) in [5, 5.41) is 4.55. The summed E-state index contributed by atoms with van der Waals surface area (Å²) < 4.78 is 5.26. The molecular weight excluding hydrogens is 376 g/mol. The van der Waals surface area contributed by atoms with E-state index in [1.807, 2.05) is 17.9 Å². The van der Waals surface area contributed by atoms with Crippen LogP contribution < -0.4 is 5.32 Å². The van der Waals surface area contributed by atoms with Crippen LogP contribution in [0.4, 0.5) is 10.6 Å². The molecule has 1 N–H and O–H groups in total. The first kappa shape index (κ1) is 18.9. The van der Waals surface area contributed by atoms with Crippen molar-refractivity contribution in [1.29, 1.82) is 0 Å². The summed E-state index contributed by atoms with van der Waals surface area (Å²) in [6.45, 7) is 2.82. The summed E-state index contributed by atoms with van der Waals surface area (Å²) in [4.78, 5) is 23.1. The van der Waals surface area contributed by atoms with Gasteiger partial charge in [-0.15, -0.1) is 0 Å². The third kappa shape index (κ3) is 4.08. The molecule has 1 aromatic heterocycles. The Balaban J connectivity index is 1.43. The smallest absolute Gasteiger partial charge is 0.410 e. The number of nitrogens with zero attached hydrogens (tertiary/aromatic N) is 3. The maximum absolute atomic E-state index is 12.3. The van der Waals surface area contributed by atoms with Gasteiger partial charge in [-0.1, -0.05) is 24.3 Å². The minimum absolute atomic E-state index is 0.218. The first-order valence-electron chi connectivity index (χ1n) is 10.8. The zero-order valence-electron chi connectivity index (χ0n) is 17.2. The molecule has 2 fully saturated rings. The Kier molecular flexibility index (Phi) is 4.99. The molecule has 5 rings (SSSR count). The highest BCUT2D eigenvalue weighted by Crippen LogP contribution is 2.32. The number of nitrogens with one attached hydrogen (secondary N) is 1. The summed E-state index contributed by atoms with van der Waals surface area (Å²) in [6.07, 6.45) is 5.91. The highest BCUT2D eigenvalue weighted by Gasteiger charge is 2.33. The van der Waals surface area contributed by atoms with Gasteiger partial charge >= 0.3 is 6.09 Å². The largest absolute Gasteiger partial charge is 0.450 e. The quantitative estimate of drug-likeness (QED) is 0.603. The second-order valence-corrected chi connectivity index (χ2v) is 8.13. The third-order valence-corrected chi connectivity index (χ3v) is 5.66. The van der Waals surface area contributed by atoms with Gasteiger partial charge in [0.15, 0.2) is 0 Å². The Morgan fingerprint density at radius 1 is 1.10 bits per heavy atom. The number of hydrogen-bond donors (Lipinski definition) is 1. The molecule has 1 heterocycles. The number of rotatable bonds is 7. The van der Waals surface area contributed by atoms with Crippen molar-refractivity contribution in [3.8, 4) is 11.1 Å². The van der Waals surface area contributed by atoms with E-state index in [0.29, 0.717) is 25.2 Å². The van der Waals surface area contributed by atoms with Crippen LogP contribution in [-0.4, -0.2) is 39.7 Å². The van der Waals surface area contributed by atoms with Gasteiger partial charge in [-0.25, -0.2) is 14.8 Å². The average molecular weight is 402 g/mol. The lowest BCUT2D eigenvalue weighted by Crippen LogP contribution is -2.33. The Labute approximate surface area is 176 Å². The molecule has 2 aliphatic rings. The van der Waals surface area contributed by atoms with Crippen molar-refractivity contribution in [3.63, 3.8) is 0 Å². The van der Waals surface area contributed by atoms with Gasteiger partial charge in [0, 0.05) is 24.0 Å². The second kappa shape index (κ2) is 7.94. The number of amides is 1. The third-order valence-electron chi connectivity index (χ3n) is 5.66. The standard InChI is InChI=1S/C24H26N4O2/c1-2-30-24(29)28(20-9-10-20)14-16-4-3-5-17(12-16)18-6-11-22-21(13-18)23(26-15-25-22)27-19-7-8-19/h3-6,11-13,15,19-20H,2,7-10,14H2,1H3,(H,25,26,27). The predicted octanol–water partition coefficient (Wildman–Crippen LogP) is 4.99. The number of fused-ring (bicyclic) bond motifs is 1. The number of benzene rings is 2. The Morgan fingerprint density at radius 3 is 2.70 bits per heavy atom. The number of carbonyl (C=O) groups is 1. The van der Waals surface area contributed by atoms with E-state index >= 15 is 0 Å². The van der Waals surface area contributed by atoms with Gasteiger partial charge in [0.1, 0.15) is 12.1 Å². The summed E-state index contributed by atoms with van der Waals surface area (Å²) in [5.74, 6) is 0.905. The van der Waals surface area contributed by atoms with Crippen molar-refractivity contribution < 1.29 is 9.53 Å². The van der Waals surface area contributed by atoms with Gasteiger partial charge in [0.2, 0.25) is 0 Å². The van der Waals surface area contributed by atoms with Crippen molar-refractivity contribution in [3.05, 3.63) is 54.4 Å². The van der Waals surface area contributed by atoms with Crippen LogP contribution in [0, 0.1) is 0 Å². The fraction of sp³-hybridized carbons (Fsp3) is 0.375. The van der Waals surface area contributed by atoms with Gasteiger partial charge in [0.25, 0.3) is 0 Å². The van der Waals surface area contributed by atoms with E-state index in [0.717, 1.165) is 46.3 Å². The topological polar surface area (TPSA) is 67.3 Å². The molecule has 0 radical (unpaired) electrons. The lowest BCUT2D eigenvalue weighted by atomic mass is 10.0. The van der Waals surface area contributed by atoms with Crippen molar-refractivity contribution in [2.45, 2.75) is 51.2 Å². The van der Waals surface area contributed by atoms with E-state index < -0.39 is 0 Å². The molecule has 2 saturated carbocycles. The van der Waals surface area contributed by atoms with Gasteiger partial charge in [-0.3, -0.25) is 0 Å². The monoisotopic (exact) mass is 402 g/mol. The van der Waals surface area contributed by atoms with Crippen LogP contribution in [0.2, 0.25) is 0 Å². The van der Waals surface area contributed by atoms with Crippen LogP contribution in [0.15, 0.2) is 48.8 Å². The molecule has 6 heteroatoms. The van der Waals surface area contributed by atoms with Crippen LogP contribution in [0.5, 0.6) is 0 Å². The maximum Gasteiger partial charge on any atom is 0.410 e. The van der Waals surface area contributed by atoms with Gasteiger partial charge < -0.3 is 15.0 Å². The van der Waals surface area contributed by atoms with E-state index in [1.54, 1.807) is 6.33 Å². The predicted molar refractivity (Wildman–Crippen MR) is 117 cm³/mol. The molecule has 154 valence electrons. The Morgan fingerprint density at radius 2 is 1.93 bits per heavy atom. The van der Waals surface area contributed by atoms with E-state index in [4.69, 9.17) is 4.74 Å². The van der Waals surface area contributed by atoms with Crippen molar-refractivity contribution in [2.75, 3.05) is 11.9 Å². The first-order chi connectivity index (χ1) is 14.7. The van der Waals surface area contributed by atoms with Crippen LogP contribution in [0.3, 0.4) is 0 Å². The maximum atomic E-state index is 12.3. The summed E-state index contributed by atoms with van der Waals surface area (Å²) >= 11 is 0. The number of anilines is 1. The number of hydrogen-bond acceptors (Lipinski definition) is 5. The molecule has 30 heavy (non-hydrogen) atoms. The van der Waals surface area contributed by atoms with Gasteiger partial charge in [-0.2, -0.15) is 0 Å². The highest BCUT2D eigenvalue weighted by molar-refractivity contribution is 5.92. The van der Waals surface area contributed by atoms with E-state index in [1.165, 1.54) is 12.8 Å². The number of aromatic nitrogens is 2. The fourth-order valence-corrected chi connectivity index (χ4v) is 3.75. The minimum Gasteiger partial charge on any atom is -0.450 e. The molecular formula is C24H26N4O2. The summed E-state index contributed by atoms with van der Waals surface area (Å²) in [6, 6.07) is 15.5. The molecule has 0 atom stereocenters. The second-order valence-electron chi connectivity index (χ2n) is 8.13. The summed E-state index contributed by atoms with van der Waals surface area (Å²) in [5.41, 5.74) is 4.28. The minimum atomic E-state index is -0.218. The molecule has 2 aromatic carbocycles. The Hall–Kier alpha value is -3.15. The van der Waals surface area contributed by atoms with Crippen molar-refractivity contribution in [1.82, 2.24) is 14.9 Å². The normalized spacial score (nSPS) is 15.8. The zero-order chi connectivity index (χ0) is 20.5. The molecule has 0 aliphatic heterocycles. The number of ether oxygens (including phenoxy) is 1. The van der Waals surface area contributed by atoms with Crippen LogP contribution in [0.1, 0.15) is 38.2 Å². The molecule has 6 nitrogen and oxygen atoms in total. The number of carbonyl (C=O) groups excluding carboxylic acids is 1. The van der Waals surface area contributed by atoms with E-state index in [9.17, 15) is 4.79 Å². The van der Waals surface area contributed by atoms with Crippen molar-refractivity contribution in [2.24, 2.45) is 0 Å².